The van der Waals surface area contributed by atoms with E-state index in [1.807, 2.05) is 43.3 Å². The highest BCUT2D eigenvalue weighted by Crippen LogP contribution is 2.39. The number of ether oxygens (including phenoxy) is 2. The number of aromatic nitrogens is 4. The normalized spacial score (nSPS) is 18.6. The Morgan fingerprint density at radius 3 is 2.45 bits per heavy atom. The van der Waals surface area contributed by atoms with Crippen molar-refractivity contribution in [3.05, 3.63) is 48.2 Å². The van der Waals surface area contributed by atoms with Gasteiger partial charge in [0.1, 0.15) is 5.75 Å². The molecule has 0 aliphatic carbocycles. The highest BCUT2D eigenvalue weighted by atomic mass is 19.4. The second-order valence-corrected chi connectivity index (χ2v) is 10.0. The third-order valence-electron chi connectivity index (χ3n) is 6.53. The molecule has 0 amide bonds. The van der Waals surface area contributed by atoms with Crippen LogP contribution >= 0.6 is 0 Å². The van der Waals surface area contributed by atoms with Crippen LogP contribution in [0.15, 0.2) is 42.6 Å². The summed E-state index contributed by atoms with van der Waals surface area (Å²) in [7, 11) is 3.82. The van der Waals surface area contributed by atoms with Gasteiger partial charge >= 0.3 is 6.18 Å². The van der Waals surface area contributed by atoms with Crippen LogP contribution in [0.3, 0.4) is 0 Å². The maximum Gasteiger partial charge on any atom is 0.419 e. The lowest BCUT2D eigenvalue weighted by atomic mass is 10.0. The number of anilines is 1. The van der Waals surface area contributed by atoms with Gasteiger partial charge < -0.3 is 19.3 Å². The predicted octanol–water partition coefficient (Wildman–Crippen LogP) is 4.91. The average molecular weight is 529 g/mol. The smallest absolute Gasteiger partial charge is 0.419 e. The number of rotatable bonds is 7. The Labute approximate surface area is 219 Å². The van der Waals surface area contributed by atoms with E-state index in [0.717, 1.165) is 12.6 Å². The van der Waals surface area contributed by atoms with Crippen molar-refractivity contribution in [2.75, 3.05) is 45.2 Å². The van der Waals surface area contributed by atoms with E-state index >= 15 is 0 Å². The molecule has 2 aromatic carbocycles. The van der Waals surface area contributed by atoms with Crippen molar-refractivity contribution >= 4 is 22.6 Å². The largest absolute Gasteiger partial charge is 0.493 e. The van der Waals surface area contributed by atoms with E-state index < -0.39 is 11.7 Å². The molecule has 11 heteroatoms. The Hall–Kier alpha value is -3.44. The summed E-state index contributed by atoms with van der Waals surface area (Å²) in [5.74, 6) is 0.491. The molecule has 1 fully saturated rings. The number of hydrogen-bond donors (Lipinski definition) is 0. The fraction of sp³-hybridized carbons (Fsp3) is 0.444. The third-order valence-corrected chi connectivity index (χ3v) is 6.53. The standard InChI is InChI=1S/C27H31F3N6O2/c1-17-15-35(16-18(2)38-17)26-33-32-25-14-31-22-8-6-20(13-23(22)36(25)26)19-7-9-24(21(12-19)27(28,29)30)37-11-5-10-34(3)4/h6-9,12-14,17-18H,5,10-11,15-16H2,1-4H3/t17-,18+. The summed E-state index contributed by atoms with van der Waals surface area (Å²) in [6, 6.07) is 9.62. The molecule has 2 aromatic heterocycles. The average Bonchev–Trinajstić information content (AvgIpc) is 3.30. The number of halogens is 3. The van der Waals surface area contributed by atoms with Crippen LogP contribution in [0.2, 0.25) is 0 Å². The zero-order valence-electron chi connectivity index (χ0n) is 21.9. The minimum atomic E-state index is -4.55. The van der Waals surface area contributed by atoms with E-state index in [1.165, 1.54) is 6.07 Å². The Balaban J connectivity index is 1.54. The maximum atomic E-state index is 14.0. The lowest BCUT2D eigenvalue weighted by Gasteiger charge is -2.35. The number of nitrogens with zero attached hydrogens (tertiary/aromatic N) is 6. The van der Waals surface area contributed by atoms with E-state index in [9.17, 15) is 13.2 Å². The molecular weight excluding hydrogens is 497 g/mol. The van der Waals surface area contributed by atoms with Crippen molar-refractivity contribution in [1.29, 1.82) is 0 Å². The molecule has 3 heterocycles. The Kier molecular flexibility index (Phi) is 7.15. The quantitative estimate of drug-likeness (QED) is 0.316. The first-order chi connectivity index (χ1) is 18.1. The molecule has 1 aliphatic heterocycles. The second kappa shape index (κ2) is 10.4. The summed E-state index contributed by atoms with van der Waals surface area (Å²) in [6.07, 6.45) is -2.22. The van der Waals surface area contributed by atoms with Crippen LogP contribution in [0.4, 0.5) is 19.1 Å². The molecule has 8 nitrogen and oxygen atoms in total. The van der Waals surface area contributed by atoms with Crippen LogP contribution in [-0.4, -0.2) is 77.0 Å². The van der Waals surface area contributed by atoms with Crippen LogP contribution in [0, 0.1) is 0 Å². The molecular formula is C27H31F3N6O2. The summed E-state index contributed by atoms with van der Waals surface area (Å²) in [5, 5.41) is 8.72. The van der Waals surface area contributed by atoms with E-state index in [4.69, 9.17) is 9.47 Å². The number of benzene rings is 2. The first-order valence-corrected chi connectivity index (χ1v) is 12.6. The van der Waals surface area contributed by atoms with Crippen molar-refractivity contribution in [1.82, 2.24) is 24.5 Å². The van der Waals surface area contributed by atoms with Crippen LogP contribution in [0.25, 0.3) is 27.8 Å². The molecule has 202 valence electrons. The van der Waals surface area contributed by atoms with Gasteiger partial charge in [-0.1, -0.05) is 12.1 Å². The van der Waals surface area contributed by atoms with Crippen molar-refractivity contribution in [3.63, 3.8) is 0 Å². The molecule has 0 saturated carbocycles. The van der Waals surface area contributed by atoms with Crippen molar-refractivity contribution in [3.8, 4) is 16.9 Å². The SMILES string of the molecule is C[C@@H]1CN(c2nnc3cnc4ccc(-c5ccc(OCCCN(C)C)c(C(F)(F)F)c5)cc4n23)C[C@H](C)O1. The Morgan fingerprint density at radius 1 is 1.03 bits per heavy atom. The van der Waals surface area contributed by atoms with Gasteiger partial charge in [-0.2, -0.15) is 13.2 Å². The lowest BCUT2D eigenvalue weighted by molar-refractivity contribution is -0.138. The van der Waals surface area contributed by atoms with Gasteiger partial charge in [0, 0.05) is 19.6 Å². The first-order valence-electron chi connectivity index (χ1n) is 12.6. The van der Waals surface area contributed by atoms with Crippen molar-refractivity contribution in [2.45, 2.75) is 38.7 Å². The molecule has 4 aromatic rings. The van der Waals surface area contributed by atoms with Gasteiger partial charge in [0.05, 0.1) is 41.6 Å². The molecule has 38 heavy (non-hydrogen) atoms. The first kappa shape index (κ1) is 26.2. The molecule has 1 aliphatic rings. The Morgan fingerprint density at radius 2 is 1.74 bits per heavy atom. The molecule has 1 saturated heterocycles. The summed E-state index contributed by atoms with van der Waals surface area (Å²) in [4.78, 5) is 8.57. The van der Waals surface area contributed by atoms with E-state index in [1.54, 1.807) is 24.4 Å². The van der Waals surface area contributed by atoms with Gasteiger partial charge in [0.2, 0.25) is 5.95 Å². The van der Waals surface area contributed by atoms with Gasteiger partial charge in [-0.05, 0) is 69.8 Å². The number of alkyl halides is 3. The minimum absolute atomic E-state index is 0.0270. The highest BCUT2D eigenvalue weighted by Gasteiger charge is 2.35. The Bertz CT molecular complexity index is 1430. The molecule has 5 rings (SSSR count). The fourth-order valence-electron chi connectivity index (χ4n) is 4.89. The van der Waals surface area contributed by atoms with E-state index in [-0.39, 0.29) is 24.6 Å². The van der Waals surface area contributed by atoms with Crippen molar-refractivity contribution in [2.24, 2.45) is 0 Å². The second-order valence-electron chi connectivity index (χ2n) is 10.0. The number of hydrogen-bond acceptors (Lipinski definition) is 7. The zero-order valence-corrected chi connectivity index (χ0v) is 21.9. The van der Waals surface area contributed by atoms with Crippen LogP contribution < -0.4 is 9.64 Å². The van der Waals surface area contributed by atoms with Crippen molar-refractivity contribution < 1.29 is 22.6 Å². The van der Waals surface area contributed by atoms with Gasteiger partial charge in [0.15, 0.2) is 5.65 Å². The summed E-state index contributed by atoms with van der Waals surface area (Å²) in [6.45, 7) is 6.26. The molecule has 0 N–H and O–H groups in total. The van der Waals surface area contributed by atoms with Gasteiger partial charge in [-0.25, -0.2) is 0 Å². The summed E-state index contributed by atoms with van der Waals surface area (Å²) >= 11 is 0. The van der Waals surface area contributed by atoms with E-state index in [0.29, 0.717) is 53.3 Å². The molecule has 0 bridgehead atoms. The third kappa shape index (κ3) is 5.39. The number of fused-ring (bicyclic) bond motifs is 3. The predicted molar refractivity (Wildman–Crippen MR) is 140 cm³/mol. The lowest BCUT2D eigenvalue weighted by Crippen LogP contribution is -2.46. The topological polar surface area (TPSA) is 68.0 Å². The van der Waals surface area contributed by atoms with Gasteiger partial charge in [-0.15, -0.1) is 10.2 Å². The molecule has 0 unspecified atom stereocenters. The fourth-order valence-corrected chi connectivity index (χ4v) is 4.89. The zero-order chi connectivity index (χ0) is 27.0. The monoisotopic (exact) mass is 528 g/mol. The van der Waals surface area contributed by atoms with Crippen LogP contribution in [0.5, 0.6) is 5.75 Å². The summed E-state index contributed by atoms with van der Waals surface area (Å²) in [5.41, 5.74) is 2.23. The van der Waals surface area contributed by atoms with E-state index in [2.05, 4.69) is 20.1 Å². The minimum Gasteiger partial charge on any atom is -0.493 e. The summed E-state index contributed by atoms with van der Waals surface area (Å²) < 4.78 is 55.3. The molecule has 0 spiro atoms. The number of morpholine rings is 1. The molecule has 2 atom stereocenters. The van der Waals surface area contributed by atoms with Gasteiger partial charge in [0.25, 0.3) is 0 Å². The molecule has 0 radical (unpaired) electrons. The van der Waals surface area contributed by atoms with Crippen LogP contribution in [-0.2, 0) is 10.9 Å². The highest BCUT2D eigenvalue weighted by molar-refractivity contribution is 5.84. The maximum absolute atomic E-state index is 14.0. The van der Waals surface area contributed by atoms with Crippen LogP contribution in [0.1, 0.15) is 25.8 Å². The van der Waals surface area contributed by atoms with Gasteiger partial charge in [-0.3, -0.25) is 9.38 Å².